The topological polar surface area (TPSA) is 64.6 Å². The fourth-order valence-electron chi connectivity index (χ4n) is 2.87. The van der Waals surface area contributed by atoms with Crippen LogP contribution >= 0.6 is 11.6 Å². The quantitative estimate of drug-likeness (QED) is 0.589. The number of amides is 1. The molecule has 0 heterocycles. The van der Waals surface area contributed by atoms with Gasteiger partial charge >= 0.3 is 5.97 Å². The molecule has 0 aromatic heterocycles. The molecule has 0 saturated carbocycles. The lowest BCUT2D eigenvalue weighted by Crippen LogP contribution is -2.32. The summed E-state index contributed by atoms with van der Waals surface area (Å²) in [5.41, 5.74) is 0.625. The number of hydrogen-bond donors (Lipinski definition) is 1. The molecule has 28 heavy (non-hydrogen) atoms. The molecular formula is C22H20ClNO4. The number of fused-ring (bicyclic) bond motifs is 1. The molecule has 1 N–H and O–H groups in total. The first kappa shape index (κ1) is 19.7. The maximum Gasteiger partial charge on any atom is 0.339 e. The van der Waals surface area contributed by atoms with Gasteiger partial charge in [-0.3, -0.25) is 4.79 Å². The molecule has 3 rings (SSSR count). The molecule has 5 nitrogen and oxygen atoms in total. The van der Waals surface area contributed by atoms with E-state index in [4.69, 9.17) is 21.1 Å². The fraction of sp³-hybridized carbons (Fsp3) is 0.182. The van der Waals surface area contributed by atoms with E-state index in [0.717, 1.165) is 10.8 Å². The Morgan fingerprint density at radius 1 is 1.07 bits per heavy atom. The lowest BCUT2D eigenvalue weighted by molar-refractivity contribution is -0.122. The van der Waals surface area contributed by atoms with Crippen molar-refractivity contribution in [2.45, 2.75) is 19.4 Å². The third kappa shape index (κ3) is 4.26. The van der Waals surface area contributed by atoms with E-state index in [9.17, 15) is 9.59 Å². The minimum atomic E-state index is -0.692. The van der Waals surface area contributed by atoms with Crippen molar-refractivity contribution in [2.24, 2.45) is 0 Å². The number of anilines is 1. The first-order valence-electron chi connectivity index (χ1n) is 8.86. The van der Waals surface area contributed by atoms with Gasteiger partial charge in [-0.25, -0.2) is 4.79 Å². The van der Waals surface area contributed by atoms with Gasteiger partial charge < -0.3 is 14.8 Å². The van der Waals surface area contributed by atoms with Gasteiger partial charge in [0.25, 0.3) is 5.91 Å². The summed E-state index contributed by atoms with van der Waals surface area (Å²) in [5, 5.41) is 5.01. The standard InChI is InChI=1S/C22H20ClNO4/c1-3-19(28-20-10-6-8-14-7-4-5-9-16(14)20)21(25)24-15-11-12-18(23)17(13-15)22(26)27-2/h4-13,19H,3H2,1-2H3,(H,24,25)/t19-/m0/s1. The van der Waals surface area contributed by atoms with E-state index in [0.29, 0.717) is 17.9 Å². The highest BCUT2D eigenvalue weighted by atomic mass is 35.5. The van der Waals surface area contributed by atoms with Crippen LogP contribution in [-0.4, -0.2) is 25.1 Å². The maximum atomic E-state index is 12.7. The summed E-state index contributed by atoms with van der Waals surface area (Å²) >= 11 is 6.02. The molecule has 0 aliphatic rings. The van der Waals surface area contributed by atoms with Crippen LogP contribution in [0.2, 0.25) is 5.02 Å². The second-order valence-corrected chi connectivity index (χ2v) is 6.57. The molecule has 3 aromatic rings. The summed E-state index contributed by atoms with van der Waals surface area (Å²) in [7, 11) is 1.27. The minimum absolute atomic E-state index is 0.185. The number of rotatable bonds is 6. The Kier molecular flexibility index (Phi) is 6.16. The Balaban J connectivity index is 1.80. The van der Waals surface area contributed by atoms with Crippen LogP contribution in [0.4, 0.5) is 5.69 Å². The summed E-state index contributed by atoms with van der Waals surface area (Å²) in [6, 6.07) is 18.2. The molecule has 6 heteroatoms. The highest BCUT2D eigenvalue weighted by molar-refractivity contribution is 6.33. The molecule has 0 radical (unpaired) electrons. The van der Waals surface area contributed by atoms with Crippen molar-refractivity contribution in [2.75, 3.05) is 12.4 Å². The second-order valence-electron chi connectivity index (χ2n) is 6.17. The lowest BCUT2D eigenvalue weighted by Gasteiger charge is -2.19. The van der Waals surface area contributed by atoms with Crippen LogP contribution in [0.15, 0.2) is 60.7 Å². The zero-order chi connectivity index (χ0) is 20.1. The SMILES string of the molecule is CC[C@H](Oc1cccc2ccccc12)C(=O)Nc1ccc(Cl)c(C(=O)OC)c1. The summed E-state index contributed by atoms with van der Waals surface area (Å²) < 4.78 is 10.7. The van der Waals surface area contributed by atoms with Gasteiger partial charge in [0.15, 0.2) is 6.10 Å². The Hall–Kier alpha value is -3.05. The Morgan fingerprint density at radius 2 is 1.82 bits per heavy atom. The van der Waals surface area contributed by atoms with Gasteiger partial charge in [-0.2, -0.15) is 0 Å². The molecule has 1 atom stereocenters. The van der Waals surface area contributed by atoms with E-state index in [1.807, 2.05) is 49.4 Å². The average Bonchev–Trinajstić information content (AvgIpc) is 2.72. The van der Waals surface area contributed by atoms with E-state index < -0.39 is 12.1 Å². The van der Waals surface area contributed by atoms with E-state index in [1.165, 1.54) is 19.2 Å². The lowest BCUT2D eigenvalue weighted by atomic mass is 10.1. The summed E-state index contributed by atoms with van der Waals surface area (Å²) in [4.78, 5) is 24.5. The summed E-state index contributed by atoms with van der Waals surface area (Å²) in [6.07, 6.45) is -0.213. The van der Waals surface area contributed by atoms with Gasteiger partial charge in [0.1, 0.15) is 5.75 Å². The molecular weight excluding hydrogens is 378 g/mol. The highest BCUT2D eigenvalue weighted by Gasteiger charge is 2.20. The zero-order valence-electron chi connectivity index (χ0n) is 15.6. The molecule has 0 spiro atoms. The minimum Gasteiger partial charge on any atom is -0.480 e. The number of halogens is 1. The van der Waals surface area contributed by atoms with Gasteiger partial charge in [0.2, 0.25) is 0 Å². The zero-order valence-corrected chi connectivity index (χ0v) is 16.3. The van der Waals surface area contributed by atoms with Crippen molar-refractivity contribution in [3.05, 3.63) is 71.2 Å². The molecule has 3 aromatic carbocycles. The normalized spacial score (nSPS) is 11.7. The van der Waals surface area contributed by atoms with Crippen molar-refractivity contribution in [1.82, 2.24) is 0 Å². The van der Waals surface area contributed by atoms with E-state index in [2.05, 4.69) is 5.32 Å². The fourth-order valence-corrected chi connectivity index (χ4v) is 3.06. The Morgan fingerprint density at radius 3 is 2.57 bits per heavy atom. The Labute approximate surface area is 168 Å². The van der Waals surface area contributed by atoms with E-state index >= 15 is 0 Å². The van der Waals surface area contributed by atoms with E-state index in [1.54, 1.807) is 6.07 Å². The van der Waals surface area contributed by atoms with Crippen LogP contribution in [0.3, 0.4) is 0 Å². The molecule has 0 unspecified atom stereocenters. The maximum absolute atomic E-state index is 12.7. The van der Waals surface area contributed by atoms with Crippen molar-refractivity contribution < 1.29 is 19.1 Å². The smallest absolute Gasteiger partial charge is 0.339 e. The monoisotopic (exact) mass is 397 g/mol. The number of nitrogens with one attached hydrogen (secondary N) is 1. The second kappa shape index (κ2) is 8.76. The van der Waals surface area contributed by atoms with Gasteiger partial charge in [0.05, 0.1) is 17.7 Å². The van der Waals surface area contributed by atoms with Crippen LogP contribution in [-0.2, 0) is 9.53 Å². The molecule has 0 saturated heterocycles. The van der Waals surface area contributed by atoms with Gasteiger partial charge in [-0.05, 0) is 36.1 Å². The summed E-state index contributed by atoms with van der Waals surface area (Å²) in [5.74, 6) is -0.236. The van der Waals surface area contributed by atoms with Gasteiger partial charge in [-0.15, -0.1) is 0 Å². The first-order valence-corrected chi connectivity index (χ1v) is 9.24. The highest BCUT2D eigenvalue weighted by Crippen LogP contribution is 2.27. The largest absolute Gasteiger partial charge is 0.480 e. The third-order valence-corrected chi connectivity index (χ3v) is 4.65. The predicted molar refractivity (Wildman–Crippen MR) is 110 cm³/mol. The number of carbonyl (C=O) groups excluding carboxylic acids is 2. The van der Waals surface area contributed by atoms with Crippen LogP contribution in [0.25, 0.3) is 10.8 Å². The van der Waals surface area contributed by atoms with Crippen molar-refractivity contribution in [3.63, 3.8) is 0 Å². The number of ether oxygens (including phenoxy) is 2. The molecule has 0 aliphatic heterocycles. The van der Waals surface area contributed by atoms with E-state index in [-0.39, 0.29) is 16.5 Å². The Bertz CT molecular complexity index is 1010. The van der Waals surface area contributed by atoms with Crippen molar-refractivity contribution in [3.8, 4) is 5.75 Å². The predicted octanol–water partition coefficient (Wildman–Crippen LogP) is 5.08. The number of hydrogen-bond acceptors (Lipinski definition) is 4. The van der Waals surface area contributed by atoms with Crippen LogP contribution < -0.4 is 10.1 Å². The number of benzene rings is 3. The van der Waals surface area contributed by atoms with Crippen molar-refractivity contribution in [1.29, 1.82) is 0 Å². The number of esters is 1. The molecule has 1 amide bonds. The van der Waals surface area contributed by atoms with Gasteiger partial charge in [-0.1, -0.05) is 54.9 Å². The molecule has 0 fully saturated rings. The molecule has 0 bridgehead atoms. The average molecular weight is 398 g/mol. The third-order valence-electron chi connectivity index (χ3n) is 4.32. The van der Waals surface area contributed by atoms with Crippen LogP contribution in [0.1, 0.15) is 23.7 Å². The number of carbonyl (C=O) groups is 2. The first-order chi connectivity index (χ1) is 13.5. The van der Waals surface area contributed by atoms with Crippen molar-refractivity contribution >= 4 is 39.9 Å². The van der Waals surface area contributed by atoms with Crippen LogP contribution in [0, 0.1) is 0 Å². The van der Waals surface area contributed by atoms with Gasteiger partial charge in [0, 0.05) is 11.1 Å². The number of methoxy groups -OCH3 is 1. The summed E-state index contributed by atoms with van der Waals surface area (Å²) in [6.45, 7) is 1.87. The molecule has 0 aliphatic carbocycles. The van der Waals surface area contributed by atoms with Crippen LogP contribution in [0.5, 0.6) is 5.75 Å². The molecule has 144 valence electrons.